The van der Waals surface area contributed by atoms with Gasteiger partial charge in [0.05, 0.1) is 4.90 Å². The minimum Gasteiger partial charge on any atom is -0.200 e. The van der Waals surface area contributed by atoms with Crippen LogP contribution in [0.1, 0.15) is 25.0 Å². The lowest BCUT2D eigenvalue weighted by atomic mass is 10.1. The van der Waals surface area contributed by atoms with E-state index in [0.717, 1.165) is 5.56 Å². The van der Waals surface area contributed by atoms with Crippen molar-refractivity contribution < 1.29 is 8.42 Å². The summed E-state index contributed by atoms with van der Waals surface area (Å²) >= 11 is 6.03. The average molecular weight is 339 g/mol. The van der Waals surface area contributed by atoms with Crippen molar-refractivity contribution in [2.75, 3.05) is 0 Å². The van der Waals surface area contributed by atoms with Gasteiger partial charge in [-0.3, -0.25) is 0 Å². The van der Waals surface area contributed by atoms with Crippen LogP contribution in [0.25, 0.3) is 0 Å². The maximum absolute atomic E-state index is 12.0. The van der Waals surface area contributed by atoms with E-state index in [4.69, 9.17) is 11.6 Å². The van der Waals surface area contributed by atoms with Gasteiger partial charge in [-0.2, -0.15) is 18.4 Å². The monoisotopic (exact) mass is 338 g/mol. The Kier molecular flexibility index (Phi) is 7.08. The van der Waals surface area contributed by atoms with Crippen LogP contribution in [0.15, 0.2) is 64.6 Å². The molecule has 0 unspecified atom stereocenters. The largest absolute Gasteiger partial charge is 0.276 e. The fraction of sp³-hybridized carbons (Fsp3) is 0.188. The minimum absolute atomic E-state index is 0.0996. The van der Waals surface area contributed by atoms with Gasteiger partial charge in [-0.1, -0.05) is 67.9 Å². The van der Waals surface area contributed by atoms with Crippen molar-refractivity contribution >= 4 is 26.8 Å². The smallest absolute Gasteiger partial charge is 0.200 e. The zero-order valence-corrected chi connectivity index (χ0v) is 14.3. The first-order valence-corrected chi connectivity index (χ1v) is 8.73. The lowest BCUT2D eigenvalue weighted by Crippen LogP contribution is -2.19. The number of hydrogen-bond donors (Lipinski definition) is 1. The topological polar surface area (TPSA) is 58.5 Å². The van der Waals surface area contributed by atoms with Crippen LogP contribution in [0.2, 0.25) is 0 Å². The molecule has 0 saturated heterocycles. The predicted octanol–water partition coefficient (Wildman–Crippen LogP) is 3.90. The summed E-state index contributed by atoms with van der Waals surface area (Å²) in [5, 5.41) is 3.85. The van der Waals surface area contributed by atoms with E-state index in [9.17, 15) is 8.42 Å². The molecule has 6 heteroatoms. The number of halogens is 1. The second kappa shape index (κ2) is 8.56. The minimum atomic E-state index is -3.70. The summed E-state index contributed by atoms with van der Waals surface area (Å²) in [5.41, 5.74) is 1.60. The first-order chi connectivity index (χ1) is 10.5. The van der Waals surface area contributed by atoms with Gasteiger partial charge >= 0.3 is 0 Å². The van der Waals surface area contributed by atoms with Crippen molar-refractivity contribution in [1.82, 2.24) is 4.83 Å². The Morgan fingerprint density at radius 3 is 2.14 bits per heavy atom. The Balaban J connectivity index is 0.00000116. The molecule has 0 aliphatic heterocycles. The number of sulfonamides is 1. The van der Waals surface area contributed by atoms with E-state index in [1.807, 2.05) is 39.0 Å². The summed E-state index contributed by atoms with van der Waals surface area (Å²) in [7, 11) is -3.70. The van der Waals surface area contributed by atoms with Crippen LogP contribution in [-0.4, -0.2) is 13.6 Å². The third-order valence-electron chi connectivity index (χ3n) is 2.68. The van der Waals surface area contributed by atoms with Gasteiger partial charge in [0.25, 0.3) is 10.0 Å². The fourth-order valence-electron chi connectivity index (χ4n) is 1.62. The van der Waals surface area contributed by atoms with E-state index in [-0.39, 0.29) is 10.1 Å². The van der Waals surface area contributed by atoms with Gasteiger partial charge in [0.15, 0.2) is 5.17 Å². The highest BCUT2D eigenvalue weighted by Gasteiger charge is 2.12. The van der Waals surface area contributed by atoms with E-state index in [2.05, 4.69) is 9.93 Å². The van der Waals surface area contributed by atoms with Crippen molar-refractivity contribution in [1.29, 1.82) is 0 Å². The Bertz CT molecular complexity index is 729. The zero-order chi connectivity index (χ0) is 16.6. The van der Waals surface area contributed by atoms with Gasteiger partial charge in [-0.25, -0.2) is 0 Å². The summed E-state index contributed by atoms with van der Waals surface area (Å²) in [5.74, 6) is 0. The second-order valence-corrected chi connectivity index (χ2v) is 6.14. The van der Waals surface area contributed by atoms with E-state index >= 15 is 0 Å². The average Bonchev–Trinajstić information content (AvgIpc) is 2.56. The predicted molar refractivity (Wildman–Crippen MR) is 91.7 cm³/mol. The van der Waals surface area contributed by atoms with Gasteiger partial charge in [0.1, 0.15) is 0 Å². The van der Waals surface area contributed by atoms with Crippen LogP contribution in [0.4, 0.5) is 0 Å². The molecule has 2 rings (SSSR count). The first kappa shape index (κ1) is 18.2. The number of hydrazone groups is 1. The van der Waals surface area contributed by atoms with Crippen LogP contribution >= 0.6 is 11.6 Å². The molecular weight excluding hydrogens is 320 g/mol. The molecule has 0 aliphatic carbocycles. The third-order valence-corrected chi connectivity index (χ3v) is 4.20. The maximum Gasteiger partial charge on any atom is 0.276 e. The molecule has 0 spiro atoms. The van der Waals surface area contributed by atoms with Crippen molar-refractivity contribution in [2.45, 2.75) is 25.7 Å². The Morgan fingerprint density at radius 1 is 1.00 bits per heavy atom. The number of nitrogens with one attached hydrogen (secondary N) is 1. The SMILES string of the molecule is CC.Cc1ccccc1/C(Cl)=N/NS(=O)(=O)c1ccccc1. The number of benzene rings is 2. The molecule has 0 bridgehead atoms. The molecule has 0 fully saturated rings. The number of aryl methyl sites for hydroxylation is 1. The number of hydrogen-bond acceptors (Lipinski definition) is 3. The Labute approximate surface area is 136 Å². The maximum atomic E-state index is 12.0. The molecule has 4 nitrogen and oxygen atoms in total. The van der Waals surface area contributed by atoms with Crippen LogP contribution in [-0.2, 0) is 10.0 Å². The van der Waals surface area contributed by atoms with Crippen molar-refractivity contribution in [3.63, 3.8) is 0 Å². The summed E-state index contributed by atoms with van der Waals surface area (Å²) in [6.07, 6.45) is 0. The summed E-state index contributed by atoms with van der Waals surface area (Å²) in [4.78, 5) is 2.27. The van der Waals surface area contributed by atoms with Gasteiger partial charge in [-0.15, -0.1) is 0 Å². The molecule has 0 heterocycles. The highest BCUT2D eigenvalue weighted by atomic mass is 35.5. The van der Waals surface area contributed by atoms with Crippen LogP contribution in [0.5, 0.6) is 0 Å². The van der Waals surface area contributed by atoms with Crippen molar-refractivity contribution in [3.8, 4) is 0 Å². The standard InChI is InChI=1S/C14H13ClN2O2S.C2H6/c1-11-7-5-6-10-13(11)14(15)16-17-20(18,19)12-8-3-2-4-9-12;1-2/h2-10,17H,1H3;1-2H3/b16-14-;. The third kappa shape index (κ3) is 4.86. The number of rotatable bonds is 4. The lowest BCUT2D eigenvalue weighted by molar-refractivity contribution is 0.584. The van der Waals surface area contributed by atoms with E-state index in [1.54, 1.807) is 24.3 Å². The van der Waals surface area contributed by atoms with Crippen LogP contribution in [0.3, 0.4) is 0 Å². The van der Waals surface area contributed by atoms with Gasteiger partial charge in [-0.05, 0) is 24.6 Å². The highest BCUT2D eigenvalue weighted by molar-refractivity contribution is 7.89. The highest BCUT2D eigenvalue weighted by Crippen LogP contribution is 2.12. The normalized spacial score (nSPS) is 11.4. The van der Waals surface area contributed by atoms with Crippen LogP contribution < -0.4 is 4.83 Å². The fourth-order valence-corrected chi connectivity index (χ4v) is 2.75. The van der Waals surface area contributed by atoms with Gasteiger partial charge < -0.3 is 0 Å². The molecule has 0 aromatic heterocycles. The summed E-state index contributed by atoms with van der Waals surface area (Å²) in [6.45, 7) is 5.87. The van der Waals surface area contributed by atoms with E-state index in [0.29, 0.717) is 5.56 Å². The molecule has 2 aromatic carbocycles. The molecule has 22 heavy (non-hydrogen) atoms. The van der Waals surface area contributed by atoms with E-state index in [1.165, 1.54) is 12.1 Å². The molecule has 0 radical (unpaired) electrons. The zero-order valence-electron chi connectivity index (χ0n) is 12.7. The Hall–Kier alpha value is -1.85. The summed E-state index contributed by atoms with van der Waals surface area (Å²) < 4.78 is 24.0. The van der Waals surface area contributed by atoms with Gasteiger partial charge in [0, 0.05) is 5.56 Å². The molecule has 0 aliphatic rings. The molecule has 0 amide bonds. The second-order valence-electron chi connectivity index (χ2n) is 4.13. The van der Waals surface area contributed by atoms with E-state index < -0.39 is 10.0 Å². The van der Waals surface area contributed by atoms with Crippen molar-refractivity contribution in [2.24, 2.45) is 5.10 Å². The quantitative estimate of drug-likeness (QED) is 0.679. The molecule has 118 valence electrons. The molecule has 0 atom stereocenters. The summed E-state index contributed by atoms with van der Waals surface area (Å²) in [6, 6.07) is 15.3. The lowest BCUT2D eigenvalue weighted by Gasteiger charge is -2.05. The molecular formula is C16H19ClN2O2S. The van der Waals surface area contributed by atoms with Crippen molar-refractivity contribution in [3.05, 3.63) is 65.7 Å². The molecule has 1 N–H and O–H groups in total. The number of nitrogens with zero attached hydrogens (tertiary/aromatic N) is 1. The first-order valence-electron chi connectivity index (χ1n) is 6.87. The van der Waals surface area contributed by atoms with Gasteiger partial charge in [0.2, 0.25) is 0 Å². The Morgan fingerprint density at radius 2 is 1.55 bits per heavy atom. The molecule has 2 aromatic rings. The van der Waals surface area contributed by atoms with Crippen LogP contribution in [0, 0.1) is 6.92 Å². The molecule has 0 saturated carbocycles.